The first-order valence-electron chi connectivity index (χ1n) is 6.65. The van der Waals surface area contributed by atoms with E-state index in [1.54, 1.807) is 0 Å². The third kappa shape index (κ3) is 3.03. The van der Waals surface area contributed by atoms with Crippen molar-refractivity contribution in [2.45, 2.75) is 33.1 Å². The summed E-state index contributed by atoms with van der Waals surface area (Å²) in [6.45, 7) is 6.63. The van der Waals surface area contributed by atoms with Gasteiger partial charge in [0.15, 0.2) is 0 Å². The number of benzene rings is 1. The number of anilines is 1. The number of aliphatic carboxylic acids is 1. The van der Waals surface area contributed by atoms with Crippen LogP contribution in [0.25, 0.3) is 0 Å². The van der Waals surface area contributed by atoms with E-state index < -0.39 is 5.97 Å². The van der Waals surface area contributed by atoms with Crippen molar-refractivity contribution in [1.29, 1.82) is 0 Å². The molecule has 1 aliphatic rings. The molecule has 18 heavy (non-hydrogen) atoms. The highest BCUT2D eigenvalue weighted by Gasteiger charge is 2.19. The highest BCUT2D eigenvalue weighted by Crippen LogP contribution is 2.30. The SMILES string of the molecule is CC(C)CN1CCc2ccc(CCC(=O)O)cc21. The van der Waals surface area contributed by atoms with Crippen molar-refractivity contribution >= 4 is 11.7 Å². The number of hydrogen-bond acceptors (Lipinski definition) is 2. The normalized spacial score (nSPS) is 14.1. The molecular formula is C15H21NO2. The van der Waals surface area contributed by atoms with Crippen LogP contribution in [0.3, 0.4) is 0 Å². The summed E-state index contributed by atoms with van der Waals surface area (Å²) in [4.78, 5) is 13.0. The molecule has 1 heterocycles. The van der Waals surface area contributed by atoms with Crippen LogP contribution in [0.4, 0.5) is 5.69 Å². The Hall–Kier alpha value is -1.51. The van der Waals surface area contributed by atoms with Crippen LogP contribution in [0, 0.1) is 5.92 Å². The lowest BCUT2D eigenvalue weighted by atomic mass is 10.1. The Morgan fingerprint density at radius 1 is 1.44 bits per heavy atom. The molecule has 0 saturated carbocycles. The average Bonchev–Trinajstić information content (AvgIpc) is 2.68. The lowest BCUT2D eigenvalue weighted by Gasteiger charge is -2.22. The molecule has 0 bridgehead atoms. The predicted molar refractivity (Wildman–Crippen MR) is 73.2 cm³/mol. The van der Waals surface area contributed by atoms with E-state index in [2.05, 4.69) is 36.9 Å². The fraction of sp³-hybridized carbons (Fsp3) is 0.533. The molecule has 0 fully saturated rings. The first-order chi connectivity index (χ1) is 8.56. The second-order valence-electron chi connectivity index (χ2n) is 5.45. The van der Waals surface area contributed by atoms with Crippen LogP contribution in [-0.2, 0) is 17.6 Å². The second-order valence-corrected chi connectivity index (χ2v) is 5.45. The molecule has 0 amide bonds. The molecule has 0 aromatic heterocycles. The minimum atomic E-state index is -0.727. The summed E-state index contributed by atoms with van der Waals surface area (Å²) in [7, 11) is 0. The van der Waals surface area contributed by atoms with Crippen LogP contribution in [-0.4, -0.2) is 24.2 Å². The van der Waals surface area contributed by atoms with Crippen molar-refractivity contribution in [1.82, 2.24) is 0 Å². The van der Waals surface area contributed by atoms with Gasteiger partial charge < -0.3 is 10.0 Å². The van der Waals surface area contributed by atoms with Gasteiger partial charge in [-0.05, 0) is 36.0 Å². The van der Waals surface area contributed by atoms with Gasteiger partial charge in [0.25, 0.3) is 0 Å². The molecule has 0 spiro atoms. The topological polar surface area (TPSA) is 40.5 Å². The summed E-state index contributed by atoms with van der Waals surface area (Å²) >= 11 is 0. The Kier molecular flexibility index (Phi) is 3.90. The standard InChI is InChI=1S/C15H21NO2/c1-11(2)10-16-8-7-13-5-3-12(9-14(13)16)4-6-15(17)18/h3,5,9,11H,4,6-8,10H2,1-2H3,(H,17,18). The van der Waals surface area contributed by atoms with E-state index in [1.807, 2.05) is 0 Å². The highest BCUT2D eigenvalue weighted by atomic mass is 16.4. The number of carbonyl (C=O) groups is 1. The largest absolute Gasteiger partial charge is 0.481 e. The molecule has 0 aliphatic carbocycles. The van der Waals surface area contributed by atoms with E-state index in [9.17, 15) is 4.79 Å². The predicted octanol–water partition coefficient (Wildman–Crippen LogP) is 2.72. The molecule has 0 saturated heterocycles. The van der Waals surface area contributed by atoms with Gasteiger partial charge in [0.1, 0.15) is 0 Å². The fourth-order valence-electron chi connectivity index (χ4n) is 2.53. The third-order valence-electron chi connectivity index (χ3n) is 3.35. The van der Waals surface area contributed by atoms with E-state index >= 15 is 0 Å². The number of aryl methyl sites for hydroxylation is 1. The number of carboxylic acid groups (broad SMARTS) is 1. The van der Waals surface area contributed by atoms with Gasteiger partial charge in [-0.3, -0.25) is 4.79 Å². The van der Waals surface area contributed by atoms with E-state index in [0.29, 0.717) is 12.3 Å². The summed E-state index contributed by atoms with van der Waals surface area (Å²) in [5.74, 6) is -0.0758. The molecule has 1 aliphatic heterocycles. The second kappa shape index (κ2) is 5.42. The maximum Gasteiger partial charge on any atom is 0.303 e. The van der Waals surface area contributed by atoms with Crippen LogP contribution in [0.5, 0.6) is 0 Å². The first kappa shape index (κ1) is 12.9. The minimum Gasteiger partial charge on any atom is -0.481 e. The summed E-state index contributed by atoms with van der Waals surface area (Å²) in [6, 6.07) is 6.40. The molecule has 0 atom stereocenters. The number of fused-ring (bicyclic) bond motifs is 1. The molecule has 3 heteroatoms. The van der Waals surface area contributed by atoms with Crippen molar-refractivity contribution < 1.29 is 9.90 Å². The quantitative estimate of drug-likeness (QED) is 0.869. The number of carboxylic acids is 1. The van der Waals surface area contributed by atoms with Gasteiger partial charge in [-0.15, -0.1) is 0 Å². The maximum atomic E-state index is 10.6. The van der Waals surface area contributed by atoms with Crippen molar-refractivity contribution in [2.24, 2.45) is 5.92 Å². The Morgan fingerprint density at radius 3 is 2.89 bits per heavy atom. The van der Waals surface area contributed by atoms with Gasteiger partial charge in [-0.1, -0.05) is 26.0 Å². The van der Waals surface area contributed by atoms with Gasteiger partial charge in [-0.25, -0.2) is 0 Å². The molecule has 0 radical (unpaired) electrons. The van der Waals surface area contributed by atoms with Crippen molar-refractivity contribution in [2.75, 3.05) is 18.0 Å². The van der Waals surface area contributed by atoms with Crippen molar-refractivity contribution in [3.8, 4) is 0 Å². The summed E-state index contributed by atoms with van der Waals surface area (Å²) in [6.07, 6.45) is 1.95. The van der Waals surface area contributed by atoms with Crippen molar-refractivity contribution in [3.63, 3.8) is 0 Å². The average molecular weight is 247 g/mol. The zero-order valence-electron chi connectivity index (χ0n) is 11.1. The number of hydrogen-bond donors (Lipinski definition) is 1. The Bertz CT molecular complexity index is 440. The highest BCUT2D eigenvalue weighted by molar-refractivity contribution is 5.67. The Labute approximate surface area is 108 Å². The van der Waals surface area contributed by atoms with Gasteiger partial charge in [0.05, 0.1) is 0 Å². The lowest BCUT2D eigenvalue weighted by molar-refractivity contribution is -0.136. The molecule has 1 N–H and O–H groups in total. The monoisotopic (exact) mass is 247 g/mol. The summed E-state index contributed by atoms with van der Waals surface area (Å²) in [5, 5.41) is 8.73. The Morgan fingerprint density at radius 2 is 2.22 bits per heavy atom. The smallest absolute Gasteiger partial charge is 0.303 e. The zero-order valence-corrected chi connectivity index (χ0v) is 11.1. The first-order valence-corrected chi connectivity index (χ1v) is 6.65. The molecule has 3 nitrogen and oxygen atoms in total. The number of rotatable bonds is 5. The molecule has 2 rings (SSSR count). The zero-order chi connectivity index (χ0) is 13.1. The van der Waals surface area contributed by atoms with Crippen LogP contribution in [0.2, 0.25) is 0 Å². The minimum absolute atomic E-state index is 0.211. The van der Waals surface area contributed by atoms with E-state index in [0.717, 1.165) is 25.1 Å². The van der Waals surface area contributed by atoms with Crippen LogP contribution < -0.4 is 4.90 Å². The van der Waals surface area contributed by atoms with Gasteiger partial charge in [0.2, 0.25) is 0 Å². The van der Waals surface area contributed by atoms with E-state index in [4.69, 9.17) is 5.11 Å². The fourth-order valence-corrected chi connectivity index (χ4v) is 2.53. The molecular weight excluding hydrogens is 226 g/mol. The van der Waals surface area contributed by atoms with Gasteiger partial charge >= 0.3 is 5.97 Å². The maximum absolute atomic E-state index is 10.6. The third-order valence-corrected chi connectivity index (χ3v) is 3.35. The summed E-state index contributed by atoms with van der Waals surface area (Å²) < 4.78 is 0. The van der Waals surface area contributed by atoms with Gasteiger partial charge in [-0.2, -0.15) is 0 Å². The van der Waals surface area contributed by atoms with E-state index in [-0.39, 0.29) is 6.42 Å². The summed E-state index contributed by atoms with van der Waals surface area (Å²) in [5.41, 5.74) is 3.84. The number of nitrogens with zero attached hydrogens (tertiary/aromatic N) is 1. The van der Waals surface area contributed by atoms with Crippen molar-refractivity contribution in [3.05, 3.63) is 29.3 Å². The van der Waals surface area contributed by atoms with Crippen LogP contribution in [0.1, 0.15) is 31.4 Å². The lowest BCUT2D eigenvalue weighted by Crippen LogP contribution is -2.25. The molecule has 1 aromatic rings. The molecule has 0 unspecified atom stereocenters. The van der Waals surface area contributed by atoms with E-state index in [1.165, 1.54) is 11.3 Å². The Balaban J connectivity index is 2.12. The van der Waals surface area contributed by atoms with Crippen LogP contribution >= 0.6 is 0 Å². The molecule has 98 valence electrons. The molecule has 1 aromatic carbocycles. The van der Waals surface area contributed by atoms with Gasteiger partial charge in [0, 0.05) is 25.2 Å². The van der Waals surface area contributed by atoms with Crippen LogP contribution in [0.15, 0.2) is 18.2 Å².